The van der Waals surface area contributed by atoms with Crippen molar-refractivity contribution in [1.82, 2.24) is 14.9 Å². The van der Waals surface area contributed by atoms with E-state index >= 15 is 0 Å². The fourth-order valence-corrected chi connectivity index (χ4v) is 6.94. The predicted molar refractivity (Wildman–Crippen MR) is 147 cm³/mol. The number of hydrogen-bond acceptors (Lipinski definition) is 6. The van der Waals surface area contributed by atoms with E-state index in [9.17, 15) is 19.5 Å². The van der Waals surface area contributed by atoms with Gasteiger partial charge in [0.25, 0.3) is 5.56 Å². The molecular formula is C28H27N3O4S2. The van der Waals surface area contributed by atoms with Crippen LogP contribution >= 0.6 is 23.1 Å². The number of aromatic nitrogens is 2. The molecule has 0 fully saturated rings. The molecule has 7 nitrogen and oxygen atoms in total. The topological polar surface area (TPSA) is 101 Å². The molecule has 1 aliphatic carbocycles. The number of nitrogens with one attached hydrogen (secondary N) is 1. The number of amides is 1. The maximum absolute atomic E-state index is 13.8. The molecule has 2 N–H and O–H groups in total. The van der Waals surface area contributed by atoms with Crippen LogP contribution in [0.5, 0.6) is 0 Å². The summed E-state index contributed by atoms with van der Waals surface area (Å²) in [6.07, 6.45) is 3.05. The second-order valence-electron chi connectivity index (χ2n) is 9.34. The Hall–Kier alpha value is -3.43. The average Bonchev–Trinajstić information content (AvgIpc) is 3.25. The molecule has 2 atom stereocenters. The van der Waals surface area contributed by atoms with Gasteiger partial charge in [-0.2, -0.15) is 0 Å². The van der Waals surface area contributed by atoms with E-state index in [1.165, 1.54) is 4.88 Å². The van der Waals surface area contributed by atoms with Gasteiger partial charge in [-0.3, -0.25) is 14.2 Å². The Bertz CT molecular complexity index is 1500. The highest BCUT2D eigenvalue weighted by Crippen LogP contribution is 2.37. The Kier molecular flexibility index (Phi) is 7.43. The highest BCUT2D eigenvalue weighted by Gasteiger charge is 2.26. The van der Waals surface area contributed by atoms with Crippen molar-refractivity contribution in [2.24, 2.45) is 5.92 Å². The Morgan fingerprint density at radius 2 is 1.86 bits per heavy atom. The Labute approximate surface area is 222 Å². The van der Waals surface area contributed by atoms with E-state index in [-0.39, 0.29) is 17.7 Å². The largest absolute Gasteiger partial charge is 0.480 e. The molecule has 0 spiro atoms. The number of aryl methyl sites for hydroxylation is 1. The summed E-state index contributed by atoms with van der Waals surface area (Å²) in [5.74, 6) is -1.01. The zero-order chi connectivity index (χ0) is 25.9. The number of carboxylic acids is 1. The molecule has 1 amide bonds. The van der Waals surface area contributed by atoms with Gasteiger partial charge >= 0.3 is 5.97 Å². The van der Waals surface area contributed by atoms with Crippen molar-refractivity contribution in [3.63, 3.8) is 0 Å². The van der Waals surface area contributed by atoms with Gasteiger partial charge in [0.15, 0.2) is 5.16 Å². The smallest absolute Gasteiger partial charge is 0.326 e. The van der Waals surface area contributed by atoms with Crippen LogP contribution in [0, 0.1) is 5.92 Å². The number of aliphatic carboxylic acids is 1. The number of rotatable bonds is 8. The van der Waals surface area contributed by atoms with Crippen molar-refractivity contribution in [3.05, 3.63) is 87.0 Å². The molecule has 0 saturated heterocycles. The molecule has 0 aliphatic heterocycles. The lowest BCUT2D eigenvalue weighted by Gasteiger charge is -2.18. The predicted octanol–water partition coefficient (Wildman–Crippen LogP) is 4.48. The van der Waals surface area contributed by atoms with Gasteiger partial charge in [-0.25, -0.2) is 9.78 Å². The number of fused-ring (bicyclic) bond motifs is 3. The summed E-state index contributed by atoms with van der Waals surface area (Å²) in [7, 11) is 0. The van der Waals surface area contributed by atoms with Crippen LogP contribution in [-0.4, -0.2) is 38.3 Å². The Balaban J connectivity index is 1.43. The molecule has 5 rings (SSSR count). The minimum absolute atomic E-state index is 0.0640. The van der Waals surface area contributed by atoms with Crippen LogP contribution in [0.15, 0.2) is 70.6 Å². The number of benzene rings is 2. The molecule has 0 radical (unpaired) electrons. The molecule has 37 heavy (non-hydrogen) atoms. The Morgan fingerprint density at radius 3 is 2.57 bits per heavy atom. The van der Waals surface area contributed by atoms with E-state index in [0.717, 1.165) is 42.2 Å². The molecule has 2 unspecified atom stereocenters. The number of carbonyl (C=O) groups excluding carboxylic acids is 1. The van der Waals surface area contributed by atoms with Crippen LogP contribution in [0.3, 0.4) is 0 Å². The van der Waals surface area contributed by atoms with Crippen molar-refractivity contribution >= 4 is 45.2 Å². The molecule has 2 heterocycles. The van der Waals surface area contributed by atoms with Crippen LogP contribution in [0.1, 0.15) is 29.3 Å². The molecule has 9 heteroatoms. The quantitative estimate of drug-likeness (QED) is 0.256. The maximum Gasteiger partial charge on any atom is 0.326 e. The first-order valence-electron chi connectivity index (χ1n) is 12.2. The normalized spacial score (nSPS) is 15.8. The molecule has 4 aromatic rings. The van der Waals surface area contributed by atoms with Crippen molar-refractivity contribution in [1.29, 1.82) is 0 Å². The van der Waals surface area contributed by atoms with Crippen LogP contribution in [0.25, 0.3) is 15.9 Å². The third kappa shape index (κ3) is 5.47. The molecule has 2 aromatic heterocycles. The third-order valence-electron chi connectivity index (χ3n) is 6.56. The second-order valence-corrected chi connectivity index (χ2v) is 11.4. The molecule has 2 aromatic carbocycles. The van der Waals surface area contributed by atoms with E-state index in [1.54, 1.807) is 15.9 Å². The van der Waals surface area contributed by atoms with Gasteiger partial charge in [0.1, 0.15) is 10.9 Å². The summed E-state index contributed by atoms with van der Waals surface area (Å²) in [5.41, 5.74) is 2.49. The SMILES string of the molecule is CC1CCc2c(sc3nc(SCC(=O)NC(Cc4ccccc4)C(=O)O)n(-c4ccccc4)c(=O)c23)C1. The van der Waals surface area contributed by atoms with E-state index in [1.807, 2.05) is 60.7 Å². The number of hydrogen-bond donors (Lipinski definition) is 2. The molecular weight excluding hydrogens is 506 g/mol. The monoisotopic (exact) mass is 533 g/mol. The zero-order valence-corrected chi connectivity index (χ0v) is 22.0. The number of nitrogens with zero attached hydrogens (tertiary/aromatic N) is 2. The van der Waals surface area contributed by atoms with Crippen LogP contribution in [0.4, 0.5) is 0 Å². The number of carboxylic acid groups (broad SMARTS) is 1. The fourth-order valence-electron chi connectivity index (χ4n) is 4.69. The van der Waals surface area contributed by atoms with Gasteiger partial charge < -0.3 is 10.4 Å². The van der Waals surface area contributed by atoms with Gasteiger partial charge in [0, 0.05) is 11.3 Å². The number of thiophene rings is 1. The number of para-hydroxylation sites is 1. The molecule has 0 bridgehead atoms. The van der Waals surface area contributed by atoms with Gasteiger partial charge in [-0.15, -0.1) is 11.3 Å². The van der Waals surface area contributed by atoms with Crippen LogP contribution in [-0.2, 0) is 28.9 Å². The molecule has 1 aliphatic rings. The summed E-state index contributed by atoms with van der Waals surface area (Å²) in [5, 5.41) is 13.4. The van der Waals surface area contributed by atoms with Gasteiger partial charge in [0.2, 0.25) is 5.91 Å². The zero-order valence-electron chi connectivity index (χ0n) is 20.3. The molecule has 0 saturated carbocycles. The number of carbonyl (C=O) groups is 2. The van der Waals surface area contributed by atoms with Crippen molar-refractivity contribution < 1.29 is 14.7 Å². The summed E-state index contributed by atoms with van der Waals surface area (Å²) in [6.45, 7) is 2.23. The summed E-state index contributed by atoms with van der Waals surface area (Å²) in [6, 6.07) is 17.4. The Morgan fingerprint density at radius 1 is 1.16 bits per heavy atom. The van der Waals surface area contributed by atoms with Crippen LogP contribution < -0.4 is 10.9 Å². The lowest BCUT2D eigenvalue weighted by molar-refractivity contribution is -0.141. The fraction of sp³-hybridized carbons (Fsp3) is 0.286. The minimum Gasteiger partial charge on any atom is -0.480 e. The lowest BCUT2D eigenvalue weighted by atomic mass is 9.89. The first-order chi connectivity index (χ1) is 17.9. The lowest BCUT2D eigenvalue weighted by Crippen LogP contribution is -2.43. The highest BCUT2D eigenvalue weighted by molar-refractivity contribution is 7.99. The van der Waals surface area contributed by atoms with E-state index < -0.39 is 17.9 Å². The van der Waals surface area contributed by atoms with Crippen LogP contribution in [0.2, 0.25) is 0 Å². The van der Waals surface area contributed by atoms with Crippen molar-refractivity contribution in [2.45, 2.75) is 43.8 Å². The maximum atomic E-state index is 13.8. The second kappa shape index (κ2) is 10.9. The van der Waals surface area contributed by atoms with Gasteiger partial charge in [0.05, 0.1) is 16.8 Å². The average molecular weight is 534 g/mol. The van der Waals surface area contributed by atoms with Crippen molar-refractivity contribution in [2.75, 3.05) is 5.75 Å². The highest BCUT2D eigenvalue weighted by atomic mass is 32.2. The number of thioether (sulfide) groups is 1. The van der Waals surface area contributed by atoms with E-state index in [4.69, 9.17) is 4.98 Å². The summed E-state index contributed by atoms with van der Waals surface area (Å²) < 4.78 is 1.57. The summed E-state index contributed by atoms with van der Waals surface area (Å²) >= 11 is 2.71. The first kappa shape index (κ1) is 25.2. The first-order valence-corrected chi connectivity index (χ1v) is 14.0. The van der Waals surface area contributed by atoms with Gasteiger partial charge in [-0.1, -0.05) is 67.2 Å². The summed E-state index contributed by atoms with van der Waals surface area (Å²) in [4.78, 5) is 45.2. The van der Waals surface area contributed by atoms with E-state index in [0.29, 0.717) is 27.0 Å². The third-order valence-corrected chi connectivity index (χ3v) is 8.65. The van der Waals surface area contributed by atoms with Crippen molar-refractivity contribution in [3.8, 4) is 5.69 Å². The minimum atomic E-state index is -1.10. The van der Waals surface area contributed by atoms with Gasteiger partial charge in [-0.05, 0) is 48.4 Å². The molecule has 190 valence electrons. The standard InChI is InChI=1S/C28H27N3O4S2/c1-17-12-13-20-22(14-17)37-25-24(20)26(33)31(19-10-6-3-7-11-19)28(30-25)36-16-23(32)29-21(27(34)35)15-18-8-4-2-5-9-18/h2-11,17,21H,12-16H2,1H3,(H,29,32)(H,34,35). The van der Waals surface area contributed by atoms with E-state index in [2.05, 4.69) is 12.2 Å².